The van der Waals surface area contributed by atoms with Gasteiger partial charge in [-0.15, -0.1) is 0 Å². The van der Waals surface area contributed by atoms with Gasteiger partial charge in [0.25, 0.3) is 0 Å². The predicted octanol–water partition coefficient (Wildman–Crippen LogP) is 2.49. The Morgan fingerprint density at radius 1 is 1.46 bits per heavy atom. The molecule has 0 spiro atoms. The van der Waals surface area contributed by atoms with E-state index in [4.69, 9.17) is 14.2 Å². The SMILES string of the molecule is C=COC(C)(OC[CH]C)OC(C)C. The Morgan fingerprint density at radius 2 is 2.08 bits per heavy atom. The summed E-state index contributed by atoms with van der Waals surface area (Å²) < 4.78 is 15.9. The zero-order valence-electron chi connectivity index (χ0n) is 8.87. The minimum atomic E-state index is -1.03. The lowest BCUT2D eigenvalue weighted by Gasteiger charge is -2.30. The zero-order valence-corrected chi connectivity index (χ0v) is 8.87. The first-order valence-corrected chi connectivity index (χ1v) is 4.42. The van der Waals surface area contributed by atoms with Gasteiger partial charge in [0, 0.05) is 6.92 Å². The van der Waals surface area contributed by atoms with E-state index < -0.39 is 5.97 Å². The van der Waals surface area contributed by atoms with Crippen LogP contribution in [0.25, 0.3) is 0 Å². The van der Waals surface area contributed by atoms with E-state index in [0.29, 0.717) is 6.61 Å². The van der Waals surface area contributed by atoms with Crippen molar-refractivity contribution in [3.8, 4) is 0 Å². The van der Waals surface area contributed by atoms with Gasteiger partial charge in [-0.3, -0.25) is 0 Å². The third kappa shape index (κ3) is 5.66. The highest BCUT2D eigenvalue weighted by Gasteiger charge is 2.27. The van der Waals surface area contributed by atoms with Crippen molar-refractivity contribution in [2.75, 3.05) is 6.61 Å². The van der Waals surface area contributed by atoms with Gasteiger partial charge in [-0.25, -0.2) is 0 Å². The summed E-state index contributed by atoms with van der Waals surface area (Å²) in [5.41, 5.74) is 0. The summed E-state index contributed by atoms with van der Waals surface area (Å²) in [6.45, 7) is 11.4. The van der Waals surface area contributed by atoms with Gasteiger partial charge in [-0.1, -0.05) is 13.5 Å². The molecule has 0 aliphatic heterocycles. The van der Waals surface area contributed by atoms with E-state index in [2.05, 4.69) is 6.58 Å². The van der Waals surface area contributed by atoms with Crippen molar-refractivity contribution in [1.82, 2.24) is 0 Å². The molecule has 1 unspecified atom stereocenters. The van der Waals surface area contributed by atoms with Crippen LogP contribution in [0.1, 0.15) is 27.7 Å². The smallest absolute Gasteiger partial charge is 0.323 e. The van der Waals surface area contributed by atoms with Gasteiger partial charge >= 0.3 is 5.97 Å². The quantitative estimate of drug-likeness (QED) is 0.452. The van der Waals surface area contributed by atoms with E-state index in [0.717, 1.165) is 0 Å². The molecule has 0 saturated carbocycles. The Labute approximate surface area is 80.7 Å². The van der Waals surface area contributed by atoms with Gasteiger partial charge in [0.15, 0.2) is 0 Å². The standard InChI is InChI=1S/C10H19O3/c1-6-8-12-10(5,11-7-2)13-9(3)4/h6-7,9H,2,8H2,1,3-5H3. The third-order valence-corrected chi connectivity index (χ3v) is 1.26. The van der Waals surface area contributed by atoms with Crippen molar-refractivity contribution >= 4 is 0 Å². The van der Waals surface area contributed by atoms with E-state index in [9.17, 15) is 0 Å². The van der Waals surface area contributed by atoms with Gasteiger partial charge < -0.3 is 14.2 Å². The Morgan fingerprint density at radius 3 is 2.46 bits per heavy atom. The van der Waals surface area contributed by atoms with Crippen LogP contribution in [-0.4, -0.2) is 18.7 Å². The average Bonchev–Trinajstić information content (AvgIpc) is 2.00. The number of hydrogen-bond donors (Lipinski definition) is 0. The molecular weight excluding hydrogens is 168 g/mol. The second-order valence-corrected chi connectivity index (χ2v) is 3.03. The van der Waals surface area contributed by atoms with E-state index >= 15 is 0 Å². The highest BCUT2D eigenvalue weighted by molar-refractivity contribution is 4.61. The maximum absolute atomic E-state index is 5.44. The summed E-state index contributed by atoms with van der Waals surface area (Å²) in [4.78, 5) is 0. The molecular formula is C10H19O3. The van der Waals surface area contributed by atoms with Crippen LogP contribution < -0.4 is 0 Å². The fourth-order valence-corrected chi connectivity index (χ4v) is 0.910. The molecule has 0 N–H and O–H groups in total. The second kappa shape index (κ2) is 6.00. The fourth-order valence-electron chi connectivity index (χ4n) is 0.910. The van der Waals surface area contributed by atoms with Crippen molar-refractivity contribution in [2.45, 2.75) is 39.8 Å². The van der Waals surface area contributed by atoms with Gasteiger partial charge in [0.05, 0.1) is 19.0 Å². The minimum absolute atomic E-state index is 0.0433. The lowest BCUT2D eigenvalue weighted by atomic mass is 10.4. The highest BCUT2D eigenvalue weighted by atomic mass is 16.9. The number of rotatable bonds is 7. The van der Waals surface area contributed by atoms with Crippen molar-refractivity contribution in [1.29, 1.82) is 0 Å². The Bertz CT molecular complexity index is 145. The second-order valence-electron chi connectivity index (χ2n) is 3.03. The normalized spacial score (nSPS) is 15.5. The zero-order chi connectivity index (χ0) is 10.3. The highest BCUT2D eigenvalue weighted by Crippen LogP contribution is 2.17. The maximum Gasteiger partial charge on any atom is 0.323 e. The summed E-state index contributed by atoms with van der Waals surface area (Å²) in [6.07, 6.45) is 3.24. The van der Waals surface area contributed by atoms with Crippen LogP contribution in [0.5, 0.6) is 0 Å². The van der Waals surface area contributed by atoms with E-state index in [-0.39, 0.29) is 6.10 Å². The molecule has 0 saturated heterocycles. The molecule has 0 aliphatic rings. The van der Waals surface area contributed by atoms with Crippen LogP contribution in [0.3, 0.4) is 0 Å². The number of ether oxygens (including phenoxy) is 3. The van der Waals surface area contributed by atoms with Crippen LogP contribution in [0.2, 0.25) is 0 Å². The molecule has 0 heterocycles. The van der Waals surface area contributed by atoms with Crippen molar-refractivity contribution in [2.24, 2.45) is 0 Å². The summed E-state index contributed by atoms with van der Waals surface area (Å²) in [5, 5.41) is 0. The maximum atomic E-state index is 5.44. The van der Waals surface area contributed by atoms with Gasteiger partial charge in [0.1, 0.15) is 0 Å². The van der Waals surface area contributed by atoms with Crippen LogP contribution in [-0.2, 0) is 14.2 Å². The molecule has 0 aliphatic carbocycles. The first-order chi connectivity index (χ1) is 6.04. The average molecular weight is 187 g/mol. The third-order valence-electron chi connectivity index (χ3n) is 1.26. The molecule has 3 nitrogen and oxygen atoms in total. The van der Waals surface area contributed by atoms with E-state index in [1.54, 1.807) is 6.92 Å². The molecule has 0 amide bonds. The number of hydrogen-bond acceptors (Lipinski definition) is 3. The molecule has 0 rings (SSSR count). The molecule has 13 heavy (non-hydrogen) atoms. The van der Waals surface area contributed by atoms with Gasteiger partial charge in [0.2, 0.25) is 0 Å². The minimum Gasteiger partial charge on any atom is -0.448 e. The fraction of sp³-hybridized carbons (Fsp3) is 0.700. The Hall–Kier alpha value is -0.540. The van der Waals surface area contributed by atoms with Crippen LogP contribution >= 0.6 is 0 Å². The van der Waals surface area contributed by atoms with Crippen molar-refractivity contribution < 1.29 is 14.2 Å². The molecule has 3 heteroatoms. The molecule has 0 bridgehead atoms. The van der Waals surface area contributed by atoms with Crippen LogP contribution in [0.15, 0.2) is 12.8 Å². The summed E-state index contributed by atoms with van der Waals surface area (Å²) in [5.74, 6) is -1.03. The van der Waals surface area contributed by atoms with Crippen LogP contribution in [0.4, 0.5) is 0 Å². The van der Waals surface area contributed by atoms with Crippen molar-refractivity contribution in [3.63, 3.8) is 0 Å². The first kappa shape index (κ1) is 12.5. The summed E-state index contributed by atoms with van der Waals surface area (Å²) in [7, 11) is 0. The van der Waals surface area contributed by atoms with E-state index in [1.165, 1.54) is 6.26 Å². The molecule has 1 atom stereocenters. The Balaban J connectivity index is 4.06. The Kier molecular flexibility index (Phi) is 5.75. The molecule has 0 aromatic heterocycles. The van der Waals surface area contributed by atoms with Crippen molar-refractivity contribution in [3.05, 3.63) is 19.3 Å². The largest absolute Gasteiger partial charge is 0.448 e. The van der Waals surface area contributed by atoms with Gasteiger partial charge in [-0.05, 0) is 20.3 Å². The topological polar surface area (TPSA) is 27.7 Å². The monoisotopic (exact) mass is 187 g/mol. The summed E-state index contributed by atoms with van der Waals surface area (Å²) in [6, 6.07) is 0. The molecule has 1 radical (unpaired) electrons. The van der Waals surface area contributed by atoms with Gasteiger partial charge in [-0.2, -0.15) is 0 Å². The van der Waals surface area contributed by atoms with E-state index in [1.807, 2.05) is 27.2 Å². The molecule has 0 aromatic carbocycles. The lowest BCUT2D eigenvalue weighted by Crippen LogP contribution is -2.36. The van der Waals surface area contributed by atoms with Crippen LogP contribution in [0, 0.1) is 6.42 Å². The summed E-state index contributed by atoms with van der Waals surface area (Å²) >= 11 is 0. The predicted molar refractivity (Wildman–Crippen MR) is 51.8 cm³/mol. The molecule has 77 valence electrons. The molecule has 0 aromatic rings. The lowest BCUT2D eigenvalue weighted by molar-refractivity contribution is -0.358. The molecule has 0 fully saturated rings. The first-order valence-electron chi connectivity index (χ1n) is 4.42.